The van der Waals surface area contributed by atoms with Crippen LogP contribution in [0.4, 0.5) is 10.5 Å². The molecule has 172 valence electrons. The Hall–Kier alpha value is -3.08. The van der Waals surface area contributed by atoms with Gasteiger partial charge in [0.15, 0.2) is 5.78 Å². The van der Waals surface area contributed by atoms with Gasteiger partial charge in [-0.2, -0.15) is 0 Å². The predicted molar refractivity (Wildman–Crippen MR) is 124 cm³/mol. The molecule has 3 aliphatic rings. The fourth-order valence-electron chi connectivity index (χ4n) is 5.25. The molecule has 0 radical (unpaired) electrons. The SMILES string of the molecule is Nc1ccc2c3c1SC(C(=O)NC1CCN(C(=O)O)C1)C3C(N)C(=O)C2(N)c1ccccc1. The van der Waals surface area contributed by atoms with Crippen LogP contribution in [0.1, 0.15) is 29.0 Å². The Labute approximate surface area is 194 Å². The molecular weight excluding hydrogens is 442 g/mol. The van der Waals surface area contributed by atoms with Crippen LogP contribution in [-0.4, -0.2) is 58.2 Å². The van der Waals surface area contributed by atoms with Gasteiger partial charge in [0.2, 0.25) is 5.91 Å². The van der Waals surface area contributed by atoms with Crippen LogP contribution in [0.3, 0.4) is 0 Å². The summed E-state index contributed by atoms with van der Waals surface area (Å²) in [5, 5.41) is 11.5. The number of likely N-dealkylation sites (tertiary alicyclic amines) is 1. The van der Waals surface area contributed by atoms with E-state index in [1.54, 1.807) is 24.3 Å². The number of Topliss-reactive ketones (excluding diaryl/α,β-unsaturated/α-hetero) is 1. The number of nitrogen functional groups attached to an aromatic ring is 1. The Morgan fingerprint density at radius 1 is 1.18 bits per heavy atom. The van der Waals surface area contributed by atoms with Crippen molar-refractivity contribution in [3.8, 4) is 0 Å². The monoisotopic (exact) mass is 467 g/mol. The van der Waals surface area contributed by atoms with Crippen LogP contribution < -0.4 is 22.5 Å². The van der Waals surface area contributed by atoms with E-state index in [-0.39, 0.29) is 24.3 Å². The molecule has 2 aromatic carbocycles. The zero-order valence-corrected chi connectivity index (χ0v) is 18.5. The fourth-order valence-corrected chi connectivity index (χ4v) is 6.71. The molecule has 1 saturated heterocycles. The van der Waals surface area contributed by atoms with Gasteiger partial charge in [0.25, 0.3) is 0 Å². The molecule has 5 rings (SSSR count). The highest BCUT2D eigenvalue weighted by atomic mass is 32.2. The standard InChI is InChI=1S/C23H25N5O4S/c24-14-7-6-13-15-16(17(25)20(29)23(13,26)11-4-2-1-3-5-11)19(33-18(14)15)21(30)27-12-8-9-28(10-12)22(31)32/h1-7,12,16-17,19H,8-10,24-26H2,(H,27,30)(H,31,32). The van der Waals surface area contributed by atoms with E-state index in [1.165, 1.54) is 16.7 Å². The second-order valence-electron chi connectivity index (χ2n) is 8.80. The molecule has 0 aromatic heterocycles. The minimum absolute atomic E-state index is 0.231. The van der Waals surface area contributed by atoms with Crippen LogP contribution in [0.5, 0.6) is 0 Å². The summed E-state index contributed by atoms with van der Waals surface area (Å²) in [7, 11) is 0. The van der Waals surface area contributed by atoms with Gasteiger partial charge in [-0.15, -0.1) is 11.8 Å². The van der Waals surface area contributed by atoms with Crippen molar-refractivity contribution in [1.29, 1.82) is 0 Å². The van der Waals surface area contributed by atoms with Gasteiger partial charge < -0.3 is 32.5 Å². The second-order valence-corrected chi connectivity index (χ2v) is 9.95. The van der Waals surface area contributed by atoms with Gasteiger partial charge in [0.1, 0.15) is 5.54 Å². The first-order valence-corrected chi connectivity index (χ1v) is 11.6. The van der Waals surface area contributed by atoms with Gasteiger partial charge in [-0.25, -0.2) is 4.79 Å². The fraction of sp³-hybridized carbons (Fsp3) is 0.348. The number of thioether (sulfide) groups is 1. The molecule has 2 aliphatic heterocycles. The number of rotatable bonds is 3. The lowest BCUT2D eigenvalue weighted by Crippen LogP contribution is -2.60. The topological polar surface area (TPSA) is 165 Å². The van der Waals surface area contributed by atoms with E-state index in [9.17, 15) is 19.5 Å². The van der Waals surface area contributed by atoms with E-state index in [1.807, 2.05) is 18.2 Å². The molecule has 0 bridgehead atoms. The zero-order chi connectivity index (χ0) is 23.5. The van der Waals surface area contributed by atoms with Gasteiger partial charge in [-0.05, 0) is 29.2 Å². The number of nitrogens with zero attached hydrogens (tertiary/aromatic N) is 1. The lowest BCUT2D eigenvalue weighted by atomic mass is 9.65. The van der Waals surface area contributed by atoms with E-state index in [4.69, 9.17) is 17.2 Å². The van der Waals surface area contributed by atoms with Crippen LogP contribution in [0, 0.1) is 0 Å². The van der Waals surface area contributed by atoms with Crippen LogP contribution in [0.25, 0.3) is 0 Å². The number of anilines is 1. The van der Waals surface area contributed by atoms with Crippen LogP contribution in [0.2, 0.25) is 0 Å². The molecule has 2 aromatic rings. The third-order valence-electron chi connectivity index (χ3n) is 6.93. The number of carbonyl (C=O) groups excluding carboxylic acids is 2. The number of ketones is 1. The summed E-state index contributed by atoms with van der Waals surface area (Å²) in [5.41, 5.74) is 20.6. The Balaban J connectivity index is 1.52. The highest BCUT2D eigenvalue weighted by Gasteiger charge is 2.56. The van der Waals surface area contributed by atoms with E-state index in [0.29, 0.717) is 29.8 Å². The molecular formula is C23H25N5O4S. The maximum absolute atomic E-state index is 13.6. The minimum Gasteiger partial charge on any atom is -0.465 e. The number of hydrogen-bond donors (Lipinski definition) is 5. The van der Waals surface area contributed by atoms with Crippen molar-refractivity contribution >= 4 is 35.2 Å². The van der Waals surface area contributed by atoms with E-state index in [2.05, 4.69) is 5.32 Å². The van der Waals surface area contributed by atoms with E-state index in [0.717, 1.165) is 10.5 Å². The Morgan fingerprint density at radius 2 is 1.91 bits per heavy atom. The molecule has 5 unspecified atom stereocenters. The Morgan fingerprint density at radius 3 is 2.58 bits per heavy atom. The number of amides is 2. The maximum Gasteiger partial charge on any atom is 0.407 e. The van der Waals surface area contributed by atoms with Gasteiger partial charge in [-0.3, -0.25) is 9.59 Å². The number of nitrogens with two attached hydrogens (primary N) is 3. The molecule has 5 atom stereocenters. The van der Waals surface area contributed by atoms with E-state index >= 15 is 0 Å². The number of hydrogen-bond acceptors (Lipinski definition) is 7. The lowest BCUT2D eigenvalue weighted by Gasteiger charge is -2.41. The molecule has 1 fully saturated rings. The van der Waals surface area contributed by atoms with Crippen molar-refractivity contribution < 1.29 is 19.5 Å². The van der Waals surface area contributed by atoms with E-state index < -0.39 is 28.8 Å². The van der Waals surface area contributed by atoms with Gasteiger partial charge in [0, 0.05) is 35.6 Å². The highest BCUT2D eigenvalue weighted by Crippen LogP contribution is 2.56. The number of benzene rings is 2. The average Bonchev–Trinajstić information content (AvgIpc) is 3.43. The molecule has 8 N–H and O–H groups in total. The number of carbonyl (C=O) groups is 3. The van der Waals surface area contributed by atoms with Crippen molar-refractivity contribution in [1.82, 2.24) is 10.2 Å². The highest BCUT2D eigenvalue weighted by molar-refractivity contribution is 8.01. The third-order valence-corrected chi connectivity index (χ3v) is 8.38. The molecule has 1 aliphatic carbocycles. The summed E-state index contributed by atoms with van der Waals surface area (Å²) in [5.74, 6) is -1.20. The van der Waals surface area contributed by atoms with Gasteiger partial charge in [-0.1, -0.05) is 36.4 Å². The molecule has 9 nitrogen and oxygen atoms in total. The summed E-state index contributed by atoms with van der Waals surface area (Å²) in [6.07, 6.45) is -0.474. The summed E-state index contributed by atoms with van der Waals surface area (Å²) in [6.45, 7) is 0.595. The first-order valence-electron chi connectivity index (χ1n) is 10.8. The minimum atomic E-state index is -1.44. The third kappa shape index (κ3) is 3.20. The molecule has 33 heavy (non-hydrogen) atoms. The average molecular weight is 468 g/mol. The first kappa shape index (κ1) is 21.7. The van der Waals surface area contributed by atoms with Crippen molar-refractivity contribution in [3.63, 3.8) is 0 Å². The molecule has 0 spiro atoms. The second kappa shape index (κ2) is 7.75. The lowest BCUT2D eigenvalue weighted by molar-refractivity contribution is -0.126. The summed E-state index contributed by atoms with van der Waals surface area (Å²) in [6, 6.07) is 11.3. The van der Waals surface area contributed by atoms with Crippen molar-refractivity contribution in [2.75, 3.05) is 18.8 Å². The maximum atomic E-state index is 13.6. The number of nitrogens with one attached hydrogen (secondary N) is 1. The van der Waals surface area contributed by atoms with Gasteiger partial charge >= 0.3 is 6.09 Å². The van der Waals surface area contributed by atoms with Gasteiger partial charge in [0.05, 0.1) is 11.3 Å². The summed E-state index contributed by atoms with van der Waals surface area (Å²) in [4.78, 5) is 40.1. The molecule has 2 amide bonds. The largest absolute Gasteiger partial charge is 0.465 e. The molecule has 0 saturated carbocycles. The summed E-state index contributed by atoms with van der Waals surface area (Å²) < 4.78 is 0. The molecule has 10 heteroatoms. The van der Waals surface area contributed by atoms with Crippen molar-refractivity contribution in [2.24, 2.45) is 11.5 Å². The van der Waals surface area contributed by atoms with Crippen LogP contribution in [-0.2, 0) is 15.1 Å². The Kier molecular flexibility index (Phi) is 5.11. The van der Waals surface area contributed by atoms with Crippen LogP contribution >= 0.6 is 11.8 Å². The predicted octanol–water partition coefficient (Wildman–Crippen LogP) is 0.808. The van der Waals surface area contributed by atoms with Crippen molar-refractivity contribution in [2.45, 2.75) is 40.1 Å². The summed E-state index contributed by atoms with van der Waals surface area (Å²) >= 11 is 1.30. The quantitative estimate of drug-likeness (QED) is 0.414. The zero-order valence-electron chi connectivity index (χ0n) is 17.7. The smallest absolute Gasteiger partial charge is 0.407 e. The molecule has 2 heterocycles. The van der Waals surface area contributed by atoms with Crippen LogP contribution in [0.15, 0.2) is 47.4 Å². The Bertz CT molecular complexity index is 1160. The number of carboxylic acid groups (broad SMARTS) is 1. The normalized spacial score (nSPS) is 30.2. The van der Waals surface area contributed by atoms with Crippen molar-refractivity contribution in [3.05, 3.63) is 59.2 Å². The first-order chi connectivity index (χ1) is 15.7.